The number of nitrogens with two attached hydrogens (primary N) is 1. The summed E-state index contributed by atoms with van der Waals surface area (Å²) in [6, 6.07) is 8.32. The molecule has 0 atom stereocenters. The molecule has 0 saturated heterocycles. The van der Waals surface area contributed by atoms with Crippen LogP contribution in [0.15, 0.2) is 39.5 Å². The molecule has 0 saturated carbocycles. The quantitative estimate of drug-likeness (QED) is 0.571. The second-order valence-corrected chi connectivity index (χ2v) is 6.99. The van der Waals surface area contributed by atoms with Crippen molar-refractivity contribution >= 4 is 49.3 Å². The van der Waals surface area contributed by atoms with Gasteiger partial charge in [0.05, 0.1) is 10.4 Å². The number of hydrogen-bond acceptors (Lipinski definition) is 6. The van der Waals surface area contributed by atoms with Crippen molar-refractivity contribution in [2.75, 3.05) is 5.73 Å². The van der Waals surface area contributed by atoms with E-state index in [9.17, 15) is 0 Å². The van der Waals surface area contributed by atoms with Gasteiger partial charge in [-0.25, -0.2) is 0 Å². The minimum atomic E-state index is 0.384. The largest absolute Gasteiger partial charge is 0.367 e. The standard InChI is InChI=1S/C13H8N2OS3/c14-13-11(8-2-1-4-17-8)12(15-16-13)10-6-9-7(19-10)3-5-18-9/h1-6H,14H2. The fourth-order valence-corrected chi connectivity index (χ4v) is 4.88. The molecule has 0 aliphatic heterocycles. The summed E-state index contributed by atoms with van der Waals surface area (Å²) >= 11 is 5.09. The van der Waals surface area contributed by atoms with Crippen LogP contribution in [0.2, 0.25) is 0 Å². The number of nitrogen functional groups attached to an aromatic ring is 1. The molecule has 0 aromatic carbocycles. The summed E-state index contributed by atoms with van der Waals surface area (Å²) in [4.78, 5) is 2.19. The lowest BCUT2D eigenvalue weighted by Gasteiger charge is -1.96. The van der Waals surface area contributed by atoms with Gasteiger partial charge in [0.15, 0.2) is 0 Å². The molecule has 4 rings (SSSR count). The first-order valence-electron chi connectivity index (χ1n) is 5.59. The third-order valence-corrected chi connectivity index (χ3v) is 5.85. The zero-order valence-electron chi connectivity index (χ0n) is 9.62. The van der Waals surface area contributed by atoms with Crippen LogP contribution in [0.25, 0.3) is 30.4 Å². The van der Waals surface area contributed by atoms with E-state index in [1.54, 1.807) is 34.0 Å². The summed E-state index contributed by atoms with van der Waals surface area (Å²) in [6.45, 7) is 0. The van der Waals surface area contributed by atoms with Crippen molar-refractivity contribution in [2.24, 2.45) is 0 Å². The van der Waals surface area contributed by atoms with Crippen molar-refractivity contribution < 1.29 is 4.52 Å². The van der Waals surface area contributed by atoms with Crippen LogP contribution in [-0.4, -0.2) is 5.16 Å². The van der Waals surface area contributed by atoms with E-state index in [0.29, 0.717) is 5.88 Å². The van der Waals surface area contributed by atoms with Gasteiger partial charge in [-0.15, -0.1) is 34.0 Å². The van der Waals surface area contributed by atoms with Crippen molar-refractivity contribution in [3.8, 4) is 21.0 Å². The Morgan fingerprint density at radius 1 is 1.05 bits per heavy atom. The van der Waals surface area contributed by atoms with E-state index in [0.717, 1.165) is 21.0 Å². The Bertz CT molecular complexity index is 810. The lowest BCUT2D eigenvalue weighted by Crippen LogP contribution is -1.84. The fraction of sp³-hybridized carbons (Fsp3) is 0. The summed E-state index contributed by atoms with van der Waals surface area (Å²) in [5.74, 6) is 0.384. The number of hydrogen-bond donors (Lipinski definition) is 1. The molecule has 94 valence electrons. The first-order valence-corrected chi connectivity index (χ1v) is 8.17. The average molecular weight is 304 g/mol. The van der Waals surface area contributed by atoms with Crippen molar-refractivity contribution in [3.05, 3.63) is 35.0 Å². The second kappa shape index (κ2) is 4.19. The third kappa shape index (κ3) is 1.72. The smallest absolute Gasteiger partial charge is 0.231 e. The Balaban J connectivity index is 1.94. The van der Waals surface area contributed by atoms with E-state index in [1.165, 1.54) is 9.40 Å². The topological polar surface area (TPSA) is 52.0 Å². The highest BCUT2D eigenvalue weighted by Gasteiger charge is 2.20. The maximum absolute atomic E-state index is 5.92. The number of rotatable bonds is 2. The molecule has 4 aromatic heterocycles. The van der Waals surface area contributed by atoms with E-state index in [2.05, 4.69) is 22.7 Å². The zero-order valence-corrected chi connectivity index (χ0v) is 12.1. The molecule has 0 radical (unpaired) electrons. The average Bonchev–Trinajstić information content (AvgIpc) is 3.10. The molecular weight excluding hydrogens is 296 g/mol. The molecule has 0 amide bonds. The molecule has 4 aromatic rings. The van der Waals surface area contributed by atoms with E-state index in [-0.39, 0.29) is 0 Å². The van der Waals surface area contributed by atoms with Crippen molar-refractivity contribution in [1.82, 2.24) is 5.16 Å². The highest BCUT2D eigenvalue weighted by molar-refractivity contribution is 7.28. The van der Waals surface area contributed by atoms with Gasteiger partial charge in [0.25, 0.3) is 0 Å². The summed E-state index contributed by atoms with van der Waals surface area (Å²) in [6.07, 6.45) is 0. The lowest BCUT2D eigenvalue weighted by atomic mass is 10.2. The normalized spacial score (nSPS) is 11.4. The van der Waals surface area contributed by atoms with Crippen LogP contribution < -0.4 is 5.73 Å². The number of nitrogens with zero attached hydrogens (tertiary/aromatic N) is 1. The highest BCUT2D eigenvalue weighted by atomic mass is 32.1. The monoisotopic (exact) mass is 304 g/mol. The molecule has 0 fully saturated rings. The number of fused-ring (bicyclic) bond motifs is 1. The number of aromatic nitrogens is 1. The number of thiophene rings is 3. The number of anilines is 1. The second-order valence-electron chi connectivity index (χ2n) is 4.01. The van der Waals surface area contributed by atoms with Gasteiger partial charge < -0.3 is 10.3 Å². The van der Waals surface area contributed by atoms with Crippen LogP contribution in [0.4, 0.5) is 5.88 Å². The molecule has 0 aliphatic carbocycles. The van der Waals surface area contributed by atoms with Crippen LogP contribution in [0.1, 0.15) is 0 Å². The summed E-state index contributed by atoms with van der Waals surface area (Å²) in [5.41, 5.74) is 7.67. The Morgan fingerprint density at radius 2 is 2.00 bits per heavy atom. The van der Waals surface area contributed by atoms with Crippen molar-refractivity contribution in [2.45, 2.75) is 0 Å². The lowest BCUT2D eigenvalue weighted by molar-refractivity contribution is 0.439. The molecule has 3 nitrogen and oxygen atoms in total. The fourth-order valence-electron chi connectivity index (χ4n) is 2.01. The summed E-state index contributed by atoms with van der Waals surface area (Å²) < 4.78 is 7.74. The van der Waals surface area contributed by atoms with Crippen LogP contribution in [0.3, 0.4) is 0 Å². The molecule has 0 bridgehead atoms. The zero-order chi connectivity index (χ0) is 12.8. The Morgan fingerprint density at radius 3 is 2.79 bits per heavy atom. The van der Waals surface area contributed by atoms with Crippen LogP contribution in [0.5, 0.6) is 0 Å². The van der Waals surface area contributed by atoms with Crippen LogP contribution in [-0.2, 0) is 0 Å². The first kappa shape index (κ1) is 11.2. The molecule has 19 heavy (non-hydrogen) atoms. The van der Waals surface area contributed by atoms with Gasteiger partial charge in [0, 0.05) is 14.3 Å². The van der Waals surface area contributed by atoms with Gasteiger partial charge in [-0.1, -0.05) is 11.2 Å². The molecule has 0 spiro atoms. The Kier molecular flexibility index (Phi) is 2.48. The minimum absolute atomic E-state index is 0.384. The summed E-state index contributed by atoms with van der Waals surface area (Å²) in [5, 5.41) is 8.26. The maximum Gasteiger partial charge on any atom is 0.231 e. The van der Waals surface area contributed by atoms with E-state index < -0.39 is 0 Å². The molecular formula is C13H8N2OS3. The Hall–Kier alpha value is -1.63. The molecule has 0 unspecified atom stereocenters. The predicted octanol–water partition coefficient (Wildman–Crippen LogP) is 4.93. The van der Waals surface area contributed by atoms with Gasteiger partial charge >= 0.3 is 0 Å². The summed E-state index contributed by atoms with van der Waals surface area (Å²) in [7, 11) is 0. The molecule has 6 heteroatoms. The van der Waals surface area contributed by atoms with Crippen LogP contribution >= 0.6 is 34.0 Å². The Labute approximate surface area is 120 Å². The van der Waals surface area contributed by atoms with Gasteiger partial charge in [-0.05, 0) is 29.0 Å². The van der Waals surface area contributed by atoms with E-state index in [1.807, 2.05) is 17.5 Å². The van der Waals surface area contributed by atoms with Gasteiger partial charge in [-0.2, -0.15) is 0 Å². The van der Waals surface area contributed by atoms with E-state index in [4.69, 9.17) is 10.3 Å². The molecule has 2 N–H and O–H groups in total. The minimum Gasteiger partial charge on any atom is -0.367 e. The maximum atomic E-state index is 5.92. The molecule has 4 heterocycles. The van der Waals surface area contributed by atoms with E-state index >= 15 is 0 Å². The highest BCUT2D eigenvalue weighted by Crippen LogP contribution is 2.43. The van der Waals surface area contributed by atoms with Crippen LogP contribution in [0, 0.1) is 0 Å². The predicted molar refractivity (Wildman–Crippen MR) is 82.9 cm³/mol. The van der Waals surface area contributed by atoms with Crippen molar-refractivity contribution in [3.63, 3.8) is 0 Å². The van der Waals surface area contributed by atoms with Gasteiger partial charge in [0.2, 0.25) is 5.88 Å². The third-order valence-electron chi connectivity index (χ3n) is 2.86. The van der Waals surface area contributed by atoms with Crippen molar-refractivity contribution in [1.29, 1.82) is 0 Å². The first-order chi connectivity index (χ1) is 9.33. The van der Waals surface area contributed by atoms with Gasteiger partial charge in [0.1, 0.15) is 5.69 Å². The molecule has 0 aliphatic rings. The SMILES string of the molecule is Nc1onc(-c2cc3sccc3s2)c1-c1cccs1. The van der Waals surface area contributed by atoms with Gasteiger partial charge in [-0.3, -0.25) is 0 Å².